The first kappa shape index (κ1) is 15.1. The maximum Gasteiger partial charge on any atom is 0.179 e. The third-order valence-electron chi connectivity index (χ3n) is 2.90. The van der Waals surface area contributed by atoms with Crippen LogP contribution in [0, 0.1) is 0 Å². The minimum Gasteiger partial charge on any atom is -0.486 e. The molecule has 0 saturated heterocycles. The van der Waals surface area contributed by atoms with E-state index >= 15 is 0 Å². The summed E-state index contributed by atoms with van der Waals surface area (Å²) in [5.74, 6) is 1.16. The molecule has 0 bridgehead atoms. The highest BCUT2D eigenvalue weighted by Crippen LogP contribution is 2.32. The van der Waals surface area contributed by atoms with Crippen LogP contribution in [0.2, 0.25) is 0 Å². The number of sulfone groups is 1. The molecular formula is C14H21NO4S. The van der Waals surface area contributed by atoms with Gasteiger partial charge in [0.2, 0.25) is 0 Å². The van der Waals surface area contributed by atoms with Crippen molar-refractivity contribution in [3.63, 3.8) is 0 Å². The van der Waals surface area contributed by atoms with Crippen LogP contribution in [-0.2, 0) is 9.84 Å². The van der Waals surface area contributed by atoms with E-state index in [1.54, 1.807) is 18.2 Å². The molecule has 0 fully saturated rings. The fourth-order valence-corrected chi connectivity index (χ4v) is 3.06. The van der Waals surface area contributed by atoms with E-state index in [4.69, 9.17) is 9.47 Å². The van der Waals surface area contributed by atoms with Crippen LogP contribution in [0.5, 0.6) is 11.5 Å². The van der Waals surface area contributed by atoms with Crippen LogP contribution >= 0.6 is 0 Å². The molecule has 1 aliphatic rings. The van der Waals surface area contributed by atoms with Gasteiger partial charge >= 0.3 is 0 Å². The minimum atomic E-state index is -3.31. The Bertz CT molecular complexity index is 575. The van der Waals surface area contributed by atoms with Gasteiger partial charge in [-0.15, -0.1) is 0 Å². The normalized spacial score (nSPS) is 15.2. The first-order valence-electron chi connectivity index (χ1n) is 6.65. The molecule has 0 aliphatic carbocycles. The van der Waals surface area contributed by atoms with Crippen molar-refractivity contribution in [1.29, 1.82) is 0 Å². The first-order chi connectivity index (χ1) is 9.28. The molecule has 0 saturated carbocycles. The topological polar surface area (TPSA) is 64.6 Å². The minimum absolute atomic E-state index is 0.0594. The van der Waals surface area contributed by atoms with E-state index in [0.29, 0.717) is 31.3 Å². The lowest BCUT2D eigenvalue weighted by atomic mass is 10.1. The average molecular weight is 299 g/mol. The summed E-state index contributed by atoms with van der Waals surface area (Å²) in [5, 5.41) is 3.17. The van der Waals surface area contributed by atoms with Crippen LogP contribution in [-0.4, -0.2) is 39.5 Å². The fraction of sp³-hybridized carbons (Fsp3) is 0.571. The van der Waals surface area contributed by atoms with Gasteiger partial charge in [-0.3, -0.25) is 0 Å². The Labute approximate surface area is 120 Å². The highest BCUT2D eigenvalue weighted by atomic mass is 32.2. The highest BCUT2D eigenvalue weighted by molar-refractivity contribution is 7.91. The second-order valence-electron chi connectivity index (χ2n) is 5.80. The molecule has 0 aromatic heterocycles. The predicted octanol–water partition coefficient (Wildman–Crippen LogP) is 1.62. The monoisotopic (exact) mass is 299 g/mol. The fourth-order valence-electron chi connectivity index (χ4n) is 1.90. The van der Waals surface area contributed by atoms with Crippen molar-refractivity contribution >= 4 is 9.84 Å². The van der Waals surface area contributed by atoms with Crippen LogP contribution in [0.3, 0.4) is 0 Å². The Balaban J connectivity index is 2.09. The van der Waals surface area contributed by atoms with Crippen LogP contribution in [0.25, 0.3) is 0 Å². The van der Waals surface area contributed by atoms with Crippen molar-refractivity contribution in [2.45, 2.75) is 31.2 Å². The quantitative estimate of drug-likeness (QED) is 0.915. The molecule has 112 valence electrons. The third kappa shape index (κ3) is 3.86. The number of ether oxygens (including phenoxy) is 2. The number of fused-ring (bicyclic) bond motifs is 1. The van der Waals surface area contributed by atoms with Crippen LogP contribution in [0.1, 0.15) is 20.8 Å². The van der Waals surface area contributed by atoms with E-state index in [-0.39, 0.29) is 16.2 Å². The Morgan fingerprint density at radius 3 is 2.45 bits per heavy atom. The van der Waals surface area contributed by atoms with E-state index in [0.717, 1.165) is 0 Å². The molecule has 0 radical (unpaired) electrons. The second kappa shape index (κ2) is 5.61. The Hall–Kier alpha value is -1.27. The molecule has 6 heteroatoms. The molecule has 1 aliphatic heterocycles. The van der Waals surface area contributed by atoms with Crippen molar-refractivity contribution < 1.29 is 17.9 Å². The highest BCUT2D eigenvalue weighted by Gasteiger charge is 2.20. The van der Waals surface area contributed by atoms with Crippen molar-refractivity contribution in [3.8, 4) is 11.5 Å². The summed E-state index contributed by atoms with van der Waals surface area (Å²) >= 11 is 0. The lowest BCUT2D eigenvalue weighted by molar-refractivity contribution is 0.171. The van der Waals surface area contributed by atoms with Gasteiger partial charge in [-0.25, -0.2) is 8.42 Å². The third-order valence-corrected chi connectivity index (χ3v) is 4.61. The summed E-state index contributed by atoms with van der Waals surface area (Å²) < 4.78 is 35.3. The van der Waals surface area contributed by atoms with Crippen LogP contribution in [0.15, 0.2) is 23.1 Å². The second-order valence-corrected chi connectivity index (χ2v) is 7.91. The van der Waals surface area contributed by atoms with Gasteiger partial charge in [0.25, 0.3) is 0 Å². The largest absolute Gasteiger partial charge is 0.486 e. The molecular weight excluding hydrogens is 278 g/mol. The number of benzene rings is 1. The first-order valence-corrected chi connectivity index (χ1v) is 8.31. The summed E-state index contributed by atoms with van der Waals surface area (Å²) in [5.41, 5.74) is -0.0949. The molecule has 0 amide bonds. The molecule has 1 N–H and O–H groups in total. The average Bonchev–Trinajstić information content (AvgIpc) is 2.36. The van der Waals surface area contributed by atoms with Gasteiger partial charge in [0.05, 0.1) is 10.6 Å². The molecule has 1 aromatic rings. The Kier molecular flexibility index (Phi) is 4.25. The molecule has 0 atom stereocenters. The smallest absolute Gasteiger partial charge is 0.179 e. The zero-order valence-corrected chi connectivity index (χ0v) is 12.9. The summed E-state index contributed by atoms with van der Waals surface area (Å²) in [6.07, 6.45) is 0. The van der Waals surface area contributed by atoms with Crippen LogP contribution in [0.4, 0.5) is 0 Å². The number of hydrogen-bond acceptors (Lipinski definition) is 5. The number of hydrogen-bond donors (Lipinski definition) is 1. The molecule has 1 heterocycles. The van der Waals surface area contributed by atoms with Crippen molar-refractivity contribution in [1.82, 2.24) is 5.32 Å². The maximum absolute atomic E-state index is 12.3. The molecule has 20 heavy (non-hydrogen) atoms. The molecule has 1 aromatic carbocycles. The zero-order chi connectivity index (χ0) is 14.8. The van der Waals surface area contributed by atoms with E-state index in [1.165, 1.54) is 0 Å². The zero-order valence-electron chi connectivity index (χ0n) is 12.1. The standard InChI is InChI=1S/C14H21NO4S/c1-14(2,3)15-6-9-20(16,17)11-4-5-12-13(10-11)19-8-7-18-12/h4-5,10,15H,6-9H2,1-3H3. The van der Waals surface area contributed by atoms with Crippen molar-refractivity contribution in [3.05, 3.63) is 18.2 Å². The summed E-state index contributed by atoms with van der Waals surface area (Å²) in [6, 6.07) is 4.76. The van der Waals surface area contributed by atoms with E-state index in [9.17, 15) is 8.42 Å². The van der Waals surface area contributed by atoms with Gasteiger partial charge in [-0.1, -0.05) is 0 Å². The van der Waals surface area contributed by atoms with Crippen LogP contribution < -0.4 is 14.8 Å². The van der Waals surface area contributed by atoms with Gasteiger partial charge in [-0.2, -0.15) is 0 Å². The van der Waals surface area contributed by atoms with E-state index in [2.05, 4.69) is 5.32 Å². The van der Waals surface area contributed by atoms with Crippen molar-refractivity contribution in [2.24, 2.45) is 0 Å². The molecule has 5 nitrogen and oxygen atoms in total. The van der Waals surface area contributed by atoms with Gasteiger partial charge < -0.3 is 14.8 Å². The Morgan fingerprint density at radius 2 is 1.80 bits per heavy atom. The predicted molar refractivity (Wildman–Crippen MR) is 77.2 cm³/mol. The maximum atomic E-state index is 12.3. The molecule has 0 spiro atoms. The van der Waals surface area contributed by atoms with Crippen molar-refractivity contribution in [2.75, 3.05) is 25.5 Å². The van der Waals surface area contributed by atoms with Gasteiger partial charge in [0.15, 0.2) is 21.3 Å². The summed E-state index contributed by atoms with van der Waals surface area (Å²) in [7, 11) is -3.31. The number of rotatable bonds is 4. The van der Waals surface area contributed by atoms with Gasteiger partial charge in [0.1, 0.15) is 13.2 Å². The Morgan fingerprint density at radius 1 is 1.15 bits per heavy atom. The SMILES string of the molecule is CC(C)(C)NCCS(=O)(=O)c1ccc2c(c1)OCCO2. The molecule has 0 unspecified atom stereocenters. The van der Waals surface area contributed by atoms with E-state index < -0.39 is 9.84 Å². The van der Waals surface area contributed by atoms with E-state index in [1.807, 2.05) is 20.8 Å². The summed E-state index contributed by atoms with van der Waals surface area (Å²) in [4.78, 5) is 0.275. The lowest BCUT2D eigenvalue weighted by Gasteiger charge is -2.21. The lowest BCUT2D eigenvalue weighted by Crippen LogP contribution is -2.38. The van der Waals surface area contributed by atoms with Gasteiger partial charge in [0, 0.05) is 18.2 Å². The number of nitrogens with one attached hydrogen (secondary N) is 1. The van der Waals surface area contributed by atoms with Gasteiger partial charge in [-0.05, 0) is 32.9 Å². The molecule has 2 rings (SSSR count). The summed E-state index contributed by atoms with van der Waals surface area (Å²) in [6.45, 7) is 7.37.